The number of fused-ring (bicyclic) bond motifs is 1. The Morgan fingerprint density at radius 3 is 2.79 bits per heavy atom. The molecule has 0 fully saturated rings. The molecule has 0 saturated carbocycles. The van der Waals surface area contributed by atoms with E-state index in [1.165, 1.54) is 6.20 Å². The molecule has 0 spiro atoms. The highest BCUT2D eigenvalue weighted by Gasteiger charge is 2.07. The third kappa shape index (κ3) is 1.88. The normalized spacial score (nSPS) is 9.79. The molecule has 0 aliphatic rings. The number of aromatic carboxylic acids is 1. The van der Waals surface area contributed by atoms with Crippen molar-refractivity contribution in [3.63, 3.8) is 0 Å². The smallest absolute Gasteiger partial charge is 0.356 e. The maximum atomic E-state index is 10.5. The van der Waals surface area contributed by atoms with Gasteiger partial charge in [-0.3, -0.25) is 0 Å². The lowest BCUT2D eigenvalue weighted by molar-refractivity contribution is 0.0691. The van der Waals surface area contributed by atoms with Crippen molar-refractivity contribution >= 4 is 40.2 Å². The number of pyridine rings is 1. The fourth-order valence-corrected chi connectivity index (χ4v) is 1.24. The lowest BCUT2D eigenvalue weighted by Gasteiger charge is -1.91. The first kappa shape index (κ1) is 11.0. The Balaban J connectivity index is 0.000000980. The molecule has 14 heavy (non-hydrogen) atoms. The number of aromatic nitrogens is 2. The Morgan fingerprint density at radius 1 is 1.43 bits per heavy atom. The van der Waals surface area contributed by atoms with Crippen molar-refractivity contribution in [3.8, 4) is 0 Å². The first-order chi connectivity index (χ1) is 6.16. The van der Waals surface area contributed by atoms with E-state index < -0.39 is 5.97 Å². The van der Waals surface area contributed by atoms with Gasteiger partial charge in [-0.1, -0.05) is 11.6 Å². The van der Waals surface area contributed by atoms with Crippen molar-refractivity contribution in [1.29, 1.82) is 0 Å². The molecule has 4 nitrogen and oxygen atoms in total. The van der Waals surface area contributed by atoms with Gasteiger partial charge in [-0.2, -0.15) is 0 Å². The van der Waals surface area contributed by atoms with Crippen LogP contribution in [0, 0.1) is 0 Å². The van der Waals surface area contributed by atoms with Crippen LogP contribution in [0.2, 0.25) is 5.02 Å². The summed E-state index contributed by atoms with van der Waals surface area (Å²) in [4.78, 5) is 14.4. The molecule has 2 heterocycles. The van der Waals surface area contributed by atoms with Gasteiger partial charge in [-0.15, -0.1) is 17.0 Å². The first-order valence-electron chi connectivity index (χ1n) is 3.54. The van der Waals surface area contributed by atoms with Crippen LogP contribution in [-0.4, -0.2) is 20.5 Å². The van der Waals surface area contributed by atoms with Crippen molar-refractivity contribution in [2.75, 3.05) is 0 Å². The number of nitrogens with zero attached hydrogens (tertiary/aromatic N) is 2. The minimum Gasteiger partial charge on any atom is -0.476 e. The molecule has 0 aromatic carbocycles. The molecular weight excluding hydrogens is 271 g/mol. The highest BCUT2D eigenvalue weighted by molar-refractivity contribution is 8.93. The topological polar surface area (TPSA) is 54.6 Å². The number of rotatable bonds is 1. The summed E-state index contributed by atoms with van der Waals surface area (Å²) in [6, 6.07) is 3.32. The number of carbonyl (C=O) groups is 1. The molecule has 74 valence electrons. The van der Waals surface area contributed by atoms with E-state index in [4.69, 9.17) is 16.7 Å². The van der Waals surface area contributed by atoms with E-state index in [0.717, 1.165) is 0 Å². The van der Waals surface area contributed by atoms with Gasteiger partial charge in [0.1, 0.15) is 5.65 Å². The summed E-state index contributed by atoms with van der Waals surface area (Å²) in [6.45, 7) is 0. The van der Waals surface area contributed by atoms with Crippen LogP contribution in [0.1, 0.15) is 10.5 Å². The van der Waals surface area contributed by atoms with Gasteiger partial charge in [-0.25, -0.2) is 9.78 Å². The zero-order valence-corrected chi connectivity index (χ0v) is 9.31. The molecule has 1 N–H and O–H groups in total. The summed E-state index contributed by atoms with van der Waals surface area (Å²) in [5.74, 6) is -1.04. The zero-order valence-electron chi connectivity index (χ0n) is 6.85. The van der Waals surface area contributed by atoms with Gasteiger partial charge < -0.3 is 9.51 Å². The van der Waals surface area contributed by atoms with E-state index >= 15 is 0 Å². The molecule has 0 unspecified atom stereocenters. The molecule has 0 radical (unpaired) electrons. The van der Waals surface area contributed by atoms with E-state index in [1.807, 2.05) is 0 Å². The summed E-state index contributed by atoms with van der Waals surface area (Å²) in [6.07, 6.45) is 3.03. The summed E-state index contributed by atoms with van der Waals surface area (Å²) >= 11 is 5.71. The standard InChI is InChI=1S/C8H5ClN2O2.BrH/c9-5-1-2-7-10-6(8(12)13)4-11(7)3-5;/h1-4H,(H,12,13);1H. The zero-order chi connectivity index (χ0) is 9.42. The molecule has 6 heteroatoms. The minimum absolute atomic E-state index is 0. The molecule has 0 aliphatic heterocycles. The second-order valence-electron chi connectivity index (χ2n) is 2.54. The lowest BCUT2D eigenvalue weighted by atomic mass is 10.5. The van der Waals surface area contributed by atoms with Gasteiger partial charge in [-0.05, 0) is 12.1 Å². The molecule has 2 rings (SSSR count). The molecular formula is C8H6BrClN2O2. The molecule has 2 aromatic rings. The van der Waals surface area contributed by atoms with Gasteiger partial charge >= 0.3 is 5.97 Å². The van der Waals surface area contributed by atoms with Crippen LogP contribution in [0.25, 0.3) is 5.65 Å². The molecule has 0 saturated heterocycles. The van der Waals surface area contributed by atoms with E-state index in [1.54, 1.807) is 22.7 Å². The van der Waals surface area contributed by atoms with Crippen molar-refractivity contribution in [1.82, 2.24) is 9.38 Å². The number of carboxylic acid groups (broad SMARTS) is 1. The fourth-order valence-electron chi connectivity index (χ4n) is 1.07. The Morgan fingerprint density at radius 2 is 2.14 bits per heavy atom. The number of halogens is 2. The minimum atomic E-state index is -1.04. The average molecular weight is 278 g/mol. The van der Waals surface area contributed by atoms with Gasteiger partial charge in [0.2, 0.25) is 0 Å². The number of hydrogen-bond acceptors (Lipinski definition) is 2. The average Bonchev–Trinajstić information content (AvgIpc) is 2.46. The lowest BCUT2D eigenvalue weighted by Crippen LogP contribution is -1.94. The number of carboxylic acids is 1. The van der Waals surface area contributed by atoms with Crippen molar-refractivity contribution in [2.45, 2.75) is 0 Å². The second-order valence-corrected chi connectivity index (χ2v) is 2.98. The first-order valence-corrected chi connectivity index (χ1v) is 3.92. The van der Waals surface area contributed by atoms with Gasteiger partial charge in [0, 0.05) is 12.4 Å². The van der Waals surface area contributed by atoms with E-state index in [-0.39, 0.29) is 22.7 Å². The number of imidazole rings is 1. The fraction of sp³-hybridized carbons (Fsp3) is 0. The maximum absolute atomic E-state index is 10.5. The molecule has 2 aromatic heterocycles. The predicted molar refractivity (Wildman–Crippen MR) is 57.5 cm³/mol. The van der Waals surface area contributed by atoms with Gasteiger partial charge in [0.15, 0.2) is 5.69 Å². The molecule has 0 aliphatic carbocycles. The molecule has 0 bridgehead atoms. The van der Waals surface area contributed by atoms with E-state index in [2.05, 4.69) is 4.98 Å². The Hall–Kier alpha value is -1.07. The molecule has 0 atom stereocenters. The predicted octanol–water partition coefficient (Wildman–Crippen LogP) is 2.26. The summed E-state index contributed by atoms with van der Waals surface area (Å²) in [5, 5.41) is 9.19. The van der Waals surface area contributed by atoms with Crippen LogP contribution in [0.5, 0.6) is 0 Å². The highest BCUT2D eigenvalue weighted by atomic mass is 79.9. The Labute approximate surface area is 94.9 Å². The number of hydrogen-bond donors (Lipinski definition) is 1. The quantitative estimate of drug-likeness (QED) is 0.870. The molecule has 0 amide bonds. The second kappa shape index (κ2) is 3.98. The highest BCUT2D eigenvalue weighted by Crippen LogP contribution is 2.11. The summed E-state index contributed by atoms with van der Waals surface area (Å²) < 4.78 is 1.58. The Bertz CT molecular complexity index is 483. The summed E-state index contributed by atoms with van der Waals surface area (Å²) in [7, 11) is 0. The van der Waals surface area contributed by atoms with Gasteiger partial charge in [0.05, 0.1) is 5.02 Å². The van der Waals surface area contributed by atoms with Crippen LogP contribution in [0.3, 0.4) is 0 Å². The van der Waals surface area contributed by atoms with Crippen molar-refractivity contribution in [2.24, 2.45) is 0 Å². The van der Waals surface area contributed by atoms with Crippen molar-refractivity contribution in [3.05, 3.63) is 35.2 Å². The van der Waals surface area contributed by atoms with Crippen molar-refractivity contribution < 1.29 is 9.90 Å². The Kier molecular flexibility index (Phi) is 3.13. The SMILES string of the molecule is Br.O=C(O)c1cn2cc(Cl)ccc2n1. The van der Waals surface area contributed by atoms with Crippen LogP contribution in [0.4, 0.5) is 0 Å². The third-order valence-electron chi connectivity index (χ3n) is 1.63. The van der Waals surface area contributed by atoms with Crippen LogP contribution < -0.4 is 0 Å². The van der Waals surface area contributed by atoms with Crippen LogP contribution in [0.15, 0.2) is 24.5 Å². The third-order valence-corrected chi connectivity index (χ3v) is 1.86. The van der Waals surface area contributed by atoms with E-state index in [9.17, 15) is 4.79 Å². The van der Waals surface area contributed by atoms with Crippen LogP contribution in [-0.2, 0) is 0 Å². The monoisotopic (exact) mass is 276 g/mol. The maximum Gasteiger partial charge on any atom is 0.356 e. The van der Waals surface area contributed by atoms with E-state index in [0.29, 0.717) is 10.7 Å². The largest absolute Gasteiger partial charge is 0.476 e. The van der Waals surface area contributed by atoms with Crippen LogP contribution >= 0.6 is 28.6 Å². The van der Waals surface area contributed by atoms with Gasteiger partial charge in [0.25, 0.3) is 0 Å². The summed E-state index contributed by atoms with van der Waals surface area (Å²) in [5.41, 5.74) is 0.587.